The van der Waals surface area contributed by atoms with Gasteiger partial charge in [0.05, 0.1) is 17.1 Å². The largest absolute Gasteiger partial charge is 0.371 e. The maximum Gasteiger partial charge on any atom is 0.259 e. The number of likely N-dealkylation sites (tertiary alicyclic amines) is 1. The number of rotatable bonds is 6. The highest BCUT2D eigenvalue weighted by Gasteiger charge is 2.32. The predicted octanol–water partition coefficient (Wildman–Crippen LogP) is 5.65. The number of nitrogens with zero attached hydrogens (tertiary/aromatic N) is 4. The summed E-state index contributed by atoms with van der Waals surface area (Å²) in [5.74, 6) is -1.37. The monoisotopic (exact) mass is 556 g/mol. The quantitative estimate of drug-likeness (QED) is 0.392. The van der Waals surface area contributed by atoms with Crippen molar-refractivity contribution in [3.05, 3.63) is 82.2 Å². The van der Waals surface area contributed by atoms with Gasteiger partial charge in [-0.25, -0.2) is 8.78 Å². The molecule has 0 saturated carbocycles. The third-order valence-electron chi connectivity index (χ3n) is 8.00. The summed E-state index contributed by atoms with van der Waals surface area (Å²) in [5, 5.41) is 4.26. The SMILES string of the molecule is CN(Cc1ccon1)C(=O)c1ccc(N2CCC(C3CCN(C(=O)c4c(F)cccc4F)CC3)CC2)cc1Cl. The molecule has 0 radical (unpaired) electrons. The zero-order valence-electron chi connectivity index (χ0n) is 21.8. The van der Waals surface area contributed by atoms with E-state index in [1.54, 1.807) is 29.0 Å². The van der Waals surface area contributed by atoms with Crippen LogP contribution in [0, 0.1) is 23.5 Å². The standard InChI is InChI=1S/C29H31ClF2N4O3/c1-34(18-21-11-16-39-33-21)28(37)23-6-5-22(17-24(23)30)35-12-7-19(8-13-35)20-9-14-36(15-10-20)29(38)27-25(31)3-2-4-26(27)32/h2-6,11,16-17,19-20H,7-10,12-15,18H2,1H3. The molecule has 7 nitrogen and oxygen atoms in total. The van der Waals surface area contributed by atoms with Crippen molar-refractivity contribution in [3.63, 3.8) is 0 Å². The van der Waals surface area contributed by atoms with Crippen molar-refractivity contribution in [1.82, 2.24) is 15.0 Å². The lowest BCUT2D eigenvalue weighted by atomic mass is 9.78. The molecule has 3 heterocycles. The molecular weight excluding hydrogens is 526 g/mol. The van der Waals surface area contributed by atoms with E-state index in [9.17, 15) is 18.4 Å². The summed E-state index contributed by atoms with van der Waals surface area (Å²) in [7, 11) is 1.70. The summed E-state index contributed by atoms with van der Waals surface area (Å²) in [6.07, 6.45) is 5.16. The second-order valence-electron chi connectivity index (χ2n) is 10.4. The van der Waals surface area contributed by atoms with Crippen molar-refractivity contribution >= 4 is 29.1 Å². The average Bonchev–Trinajstić information content (AvgIpc) is 3.46. The summed E-state index contributed by atoms with van der Waals surface area (Å²) >= 11 is 6.54. The number of halogens is 3. The van der Waals surface area contributed by atoms with E-state index in [0.717, 1.165) is 56.6 Å². The average molecular weight is 557 g/mol. The van der Waals surface area contributed by atoms with Crippen molar-refractivity contribution in [1.29, 1.82) is 0 Å². The van der Waals surface area contributed by atoms with Gasteiger partial charge in [-0.2, -0.15) is 0 Å². The fraction of sp³-hybridized carbons (Fsp3) is 0.414. The maximum atomic E-state index is 14.1. The van der Waals surface area contributed by atoms with Crippen molar-refractivity contribution in [2.24, 2.45) is 11.8 Å². The van der Waals surface area contributed by atoms with Gasteiger partial charge in [-0.05, 0) is 67.9 Å². The Balaban J connectivity index is 1.13. The Kier molecular flexibility index (Phi) is 8.16. The van der Waals surface area contributed by atoms with Crippen LogP contribution in [0.4, 0.5) is 14.5 Å². The lowest BCUT2D eigenvalue weighted by Gasteiger charge is -2.41. The normalized spacial score (nSPS) is 16.9. The van der Waals surface area contributed by atoms with Gasteiger partial charge in [-0.3, -0.25) is 9.59 Å². The molecule has 0 aliphatic carbocycles. The molecule has 3 aromatic rings. The summed E-state index contributed by atoms with van der Waals surface area (Å²) < 4.78 is 33.0. The third-order valence-corrected chi connectivity index (χ3v) is 8.31. The second kappa shape index (κ2) is 11.7. The van der Waals surface area contributed by atoms with Gasteiger partial charge in [-0.15, -0.1) is 0 Å². The van der Waals surface area contributed by atoms with Gasteiger partial charge < -0.3 is 19.2 Å². The van der Waals surface area contributed by atoms with Crippen LogP contribution in [0.15, 0.2) is 53.3 Å². The van der Waals surface area contributed by atoms with Crippen LogP contribution in [0.3, 0.4) is 0 Å². The Morgan fingerprint density at radius 1 is 1.00 bits per heavy atom. The lowest BCUT2D eigenvalue weighted by Crippen LogP contribution is -2.43. The Bertz CT molecular complexity index is 1300. The summed E-state index contributed by atoms with van der Waals surface area (Å²) in [5.41, 5.74) is 1.63. The Morgan fingerprint density at radius 2 is 1.64 bits per heavy atom. The van der Waals surface area contributed by atoms with Crippen molar-refractivity contribution in [2.45, 2.75) is 32.2 Å². The van der Waals surface area contributed by atoms with Gasteiger partial charge in [0.25, 0.3) is 11.8 Å². The molecular formula is C29H31ClF2N4O3. The van der Waals surface area contributed by atoms with E-state index in [4.69, 9.17) is 16.1 Å². The van der Waals surface area contributed by atoms with Crippen LogP contribution in [0.1, 0.15) is 52.1 Å². The topological polar surface area (TPSA) is 69.9 Å². The molecule has 2 aromatic carbocycles. The van der Waals surface area contributed by atoms with Gasteiger partial charge >= 0.3 is 0 Å². The molecule has 5 rings (SSSR count). The molecule has 10 heteroatoms. The molecule has 0 atom stereocenters. The minimum atomic E-state index is -0.814. The number of carbonyl (C=O) groups excluding carboxylic acids is 2. The number of hydrogen-bond acceptors (Lipinski definition) is 5. The number of piperidine rings is 2. The minimum Gasteiger partial charge on any atom is -0.371 e. The Morgan fingerprint density at radius 3 is 2.23 bits per heavy atom. The zero-order chi connectivity index (χ0) is 27.5. The van der Waals surface area contributed by atoms with E-state index < -0.39 is 23.1 Å². The first-order valence-electron chi connectivity index (χ1n) is 13.2. The molecule has 206 valence electrons. The van der Waals surface area contributed by atoms with Crippen LogP contribution in [-0.4, -0.2) is 60.0 Å². The molecule has 0 spiro atoms. The molecule has 2 fully saturated rings. The van der Waals surface area contributed by atoms with E-state index in [1.165, 1.54) is 12.3 Å². The first-order chi connectivity index (χ1) is 18.8. The van der Waals surface area contributed by atoms with Gasteiger partial charge in [-0.1, -0.05) is 22.8 Å². The first kappa shape index (κ1) is 27.1. The summed E-state index contributed by atoms with van der Waals surface area (Å²) in [6, 6.07) is 10.8. The van der Waals surface area contributed by atoms with E-state index in [0.29, 0.717) is 47.8 Å². The van der Waals surface area contributed by atoms with E-state index in [-0.39, 0.29) is 5.91 Å². The smallest absolute Gasteiger partial charge is 0.259 e. The van der Waals surface area contributed by atoms with Crippen molar-refractivity contribution in [3.8, 4) is 0 Å². The highest BCUT2D eigenvalue weighted by atomic mass is 35.5. The molecule has 2 aliphatic heterocycles. The maximum absolute atomic E-state index is 14.1. The van der Waals surface area contributed by atoms with Crippen LogP contribution in [0.2, 0.25) is 5.02 Å². The number of carbonyl (C=O) groups is 2. The van der Waals surface area contributed by atoms with Gasteiger partial charge in [0.15, 0.2) is 0 Å². The fourth-order valence-electron chi connectivity index (χ4n) is 5.78. The molecule has 2 aliphatic rings. The minimum absolute atomic E-state index is 0.184. The van der Waals surface area contributed by atoms with E-state index in [2.05, 4.69) is 10.1 Å². The number of aromatic nitrogens is 1. The van der Waals surface area contributed by atoms with Crippen LogP contribution in [0.25, 0.3) is 0 Å². The van der Waals surface area contributed by atoms with E-state index >= 15 is 0 Å². The fourth-order valence-corrected chi connectivity index (χ4v) is 6.03. The predicted molar refractivity (Wildman–Crippen MR) is 144 cm³/mol. The molecule has 0 N–H and O–H groups in total. The second-order valence-corrected chi connectivity index (χ2v) is 10.8. The highest BCUT2D eigenvalue weighted by molar-refractivity contribution is 6.34. The number of amides is 2. The lowest BCUT2D eigenvalue weighted by molar-refractivity contribution is 0.0636. The van der Waals surface area contributed by atoms with Crippen LogP contribution in [0.5, 0.6) is 0 Å². The third kappa shape index (κ3) is 5.93. The van der Waals surface area contributed by atoms with Gasteiger partial charge in [0.2, 0.25) is 0 Å². The number of anilines is 1. The summed E-state index contributed by atoms with van der Waals surface area (Å²) in [6.45, 7) is 3.09. The zero-order valence-corrected chi connectivity index (χ0v) is 22.5. The van der Waals surface area contributed by atoms with Crippen molar-refractivity contribution < 1.29 is 22.9 Å². The molecule has 2 amide bonds. The van der Waals surface area contributed by atoms with Crippen LogP contribution >= 0.6 is 11.6 Å². The van der Waals surface area contributed by atoms with Crippen LogP contribution < -0.4 is 4.90 Å². The number of benzene rings is 2. The Labute approximate surface area is 231 Å². The van der Waals surface area contributed by atoms with Crippen molar-refractivity contribution in [2.75, 3.05) is 38.1 Å². The first-order valence-corrected chi connectivity index (χ1v) is 13.6. The summed E-state index contributed by atoms with van der Waals surface area (Å²) in [4.78, 5) is 31.0. The van der Waals surface area contributed by atoms with Gasteiger partial charge in [0.1, 0.15) is 29.2 Å². The highest BCUT2D eigenvalue weighted by Crippen LogP contribution is 2.35. The molecule has 0 unspecified atom stereocenters. The Hall–Kier alpha value is -3.46. The van der Waals surface area contributed by atoms with E-state index in [1.807, 2.05) is 12.1 Å². The number of hydrogen-bond donors (Lipinski definition) is 0. The molecule has 1 aromatic heterocycles. The molecule has 39 heavy (non-hydrogen) atoms. The van der Waals surface area contributed by atoms with Gasteiger partial charge in [0, 0.05) is 45.0 Å². The van der Waals surface area contributed by atoms with Crippen LogP contribution in [-0.2, 0) is 6.54 Å². The molecule has 0 bridgehead atoms. The molecule has 2 saturated heterocycles.